The van der Waals surface area contributed by atoms with E-state index in [4.69, 9.17) is 14.2 Å². The first-order chi connectivity index (χ1) is 13.9. The van der Waals surface area contributed by atoms with E-state index in [9.17, 15) is 14.4 Å². The molecule has 0 fully saturated rings. The Hall–Kier alpha value is -3.43. The molecule has 0 aliphatic carbocycles. The lowest BCUT2D eigenvalue weighted by Gasteiger charge is -2.24. The molecule has 29 heavy (non-hydrogen) atoms. The summed E-state index contributed by atoms with van der Waals surface area (Å²) in [6, 6.07) is 7.25. The first kappa shape index (κ1) is 21.9. The zero-order valence-electron chi connectivity index (χ0n) is 16.6. The molecule has 0 unspecified atom stereocenters. The third-order valence-electron chi connectivity index (χ3n) is 3.86. The smallest absolute Gasteiger partial charge is 0.361 e. The molecule has 2 aromatic rings. The van der Waals surface area contributed by atoms with Crippen LogP contribution >= 0.6 is 0 Å². The van der Waals surface area contributed by atoms with Crippen LogP contribution < -0.4 is 4.90 Å². The van der Waals surface area contributed by atoms with Crippen LogP contribution in [0.2, 0.25) is 0 Å². The predicted molar refractivity (Wildman–Crippen MR) is 103 cm³/mol. The summed E-state index contributed by atoms with van der Waals surface area (Å²) >= 11 is 0. The fraction of sp³-hybridized carbons (Fsp3) is 0.421. The number of ether oxygens (including phenoxy) is 3. The fourth-order valence-electron chi connectivity index (χ4n) is 2.57. The Morgan fingerprint density at radius 3 is 2.03 bits per heavy atom. The number of H-pyrrole nitrogens is 1. The lowest BCUT2D eigenvalue weighted by Crippen LogP contribution is -2.31. The van der Waals surface area contributed by atoms with Gasteiger partial charge in [0.2, 0.25) is 0 Å². The van der Waals surface area contributed by atoms with Gasteiger partial charge in [-0.3, -0.25) is 9.59 Å². The Balaban J connectivity index is 2.14. The fourth-order valence-corrected chi connectivity index (χ4v) is 2.57. The Bertz CT molecular complexity index is 813. The van der Waals surface area contributed by atoms with Crippen molar-refractivity contribution < 1.29 is 28.6 Å². The standard InChI is InChI=1S/C19H24N4O6/c1-4-27-19(26)18-17(20-22-21-18)15-5-7-16(8-6-15)23(9-11-28-13(2)24)10-12-29-14(3)25/h5-8H,4,9-12H2,1-3H3,(H,20,21,22). The van der Waals surface area contributed by atoms with E-state index in [1.54, 1.807) is 19.1 Å². The molecule has 0 amide bonds. The van der Waals surface area contributed by atoms with Gasteiger partial charge in [0.15, 0.2) is 5.69 Å². The van der Waals surface area contributed by atoms with Crippen LogP contribution in [-0.4, -0.2) is 66.2 Å². The number of nitrogens with zero attached hydrogens (tertiary/aromatic N) is 3. The van der Waals surface area contributed by atoms with Crippen LogP contribution in [-0.2, 0) is 23.8 Å². The van der Waals surface area contributed by atoms with Crippen molar-refractivity contribution in [3.63, 3.8) is 0 Å². The Kier molecular flexibility index (Phi) is 8.13. The summed E-state index contributed by atoms with van der Waals surface area (Å²) in [5.41, 5.74) is 2.02. The summed E-state index contributed by atoms with van der Waals surface area (Å²) in [7, 11) is 0. The van der Waals surface area contributed by atoms with Crippen molar-refractivity contribution in [3.8, 4) is 11.3 Å². The average Bonchev–Trinajstić information content (AvgIpc) is 3.16. The van der Waals surface area contributed by atoms with E-state index >= 15 is 0 Å². The molecule has 1 N–H and O–H groups in total. The number of aromatic amines is 1. The van der Waals surface area contributed by atoms with Crippen LogP contribution in [0.25, 0.3) is 11.3 Å². The number of aromatic nitrogens is 3. The van der Waals surface area contributed by atoms with Crippen molar-refractivity contribution in [1.29, 1.82) is 0 Å². The van der Waals surface area contributed by atoms with Crippen molar-refractivity contribution in [2.24, 2.45) is 0 Å². The van der Waals surface area contributed by atoms with Gasteiger partial charge < -0.3 is 19.1 Å². The molecular weight excluding hydrogens is 380 g/mol. The van der Waals surface area contributed by atoms with Crippen LogP contribution in [0.1, 0.15) is 31.3 Å². The van der Waals surface area contributed by atoms with E-state index in [0.29, 0.717) is 24.3 Å². The zero-order valence-corrected chi connectivity index (χ0v) is 16.6. The van der Waals surface area contributed by atoms with Crippen molar-refractivity contribution >= 4 is 23.6 Å². The number of esters is 3. The van der Waals surface area contributed by atoms with Crippen molar-refractivity contribution in [1.82, 2.24) is 15.4 Å². The van der Waals surface area contributed by atoms with Crippen molar-refractivity contribution in [3.05, 3.63) is 30.0 Å². The van der Waals surface area contributed by atoms with Crippen LogP contribution in [0.4, 0.5) is 5.69 Å². The Morgan fingerprint density at radius 2 is 1.52 bits per heavy atom. The number of nitrogens with one attached hydrogen (secondary N) is 1. The lowest BCUT2D eigenvalue weighted by atomic mass is 10.1. The summed E-state index contributed by atoms with van der Waals surface area (Å²) in [5, 5.41) is 10.3. The number of anilines is 1. The highest BCUT2D eigenvalue weighted by Gasteiger charge is 2.19. The summed E-state index contributed by atoms with van der Waals surface area (Å²) < 4.78 is 15.0. The highest BCUT2D eigenvalue weighted by atomic mass is 16.5. The van der Waals surface area contributed by atoms with Gasteiger partial charge in [0, 0.05) is 25.1 Å². The maximum atomic E-state index is 12.0. The van der Waals surface area contributed by atoms with Gasteiger partial charge in [-0.25, -0.2) is 4.79 Å². The molecule has 10 heteroatoms. The third kappa shape index (κ3) is 6.59. The molecule has 0 aliphatic rings. The second kappa shape index (κ2) is 10.8. The third-order valence-corrected chi connectivity index (χ3v) is 3.86. The number of hydrogen-bond donors (Lipinski definition) is 1. The first-order valence-corrected chi connectivity index (χ1v) is 9.12. The number of benzene rings is 1. The van der Waals surface area contributed by atoms with Gasteiger partial charge in [-0.05, 0) is 19.1 Å². The lowest BCUT2D eigenvalue weighted by molar-refractivity contribution is -0.141. The summed E-state index contributed by atoms with van der Waals surface area (Å²) in [5.74, 6) is -1.28. The van der Waals surface area contributed by atoms with Crippen molar-refractivity contribution in [2.45, 2.75) is 20.8 Å². The quantitative estimate of drug-likeness (QED) is 0.464. The number of carbonyl (C=O) groups excluding carboxylic acids is 3. The van der Waals surface area contributed by atoms with Crippen molar-refractivity contribution in [2.75, 3.05) is 37.8 Å². The van der Waals surface area contributed by atoms with Gasteiger partial charge in [-0.2, -0.15) is 10.3 Å². The monoisotopic (exact) mass is 404 g/mol. The SMILES string of the molecule is CCOC(=O)c1n[nH]nc1-c1ccc(N(CCOC(C)=O)CCOC(C)=O)cc1. The molecule has 0 saturated carbocycles. The molecule has 0 saturated heterocycles. The van der Waals surface area contributed by atoms with E-state index in [1.807, 2.05) is 17.0 Å². The largest absolute Gasteiger partial charge is 0.464 e. The van der Waals surface area contributed by atoms with Crippen LogP contribution in [0.3, 0.4) is 0 Å². The highest BCUT2D eigenvalue weighted by molar-refractivity contribution is 5.94. The zero-order chi connectivity index (χ0) is 21.2. The molecular formula is C19H24N4O6. The average molecular weight is 404 g/mol. The van der Waals surface area contributed by atoms with Gasteiger partial charge >= 0.3 is 17.9 Å². The maximum Gasteiger partial charge on any atom is 0.361 e. The normalized spacial score (nSPS) is 10.3. The Morgan fingerprint density at radius 1 is 0.931 bits per heavy atom. The molecule has 10 nitrogen and oxygen atoms in total. The van der Waals surface area contributed by atoms with E-state index in [2.05, 4.69) is 15.4 Å². The molecule has 1 aromatic carbocycles. The van der Waals surface area contributed by atoms with E-state index < -0.39 is 5.97 Å². The molecule has 1 aromatic heterocycles. The van der Waals surface area contributed by atoms with E-state index in [0.717, 1.165) is 5.69 Å². The maximum absolute atomic E-state index is 12.0. The number of rotatable bonds is 10. The molecule has 0 radical (unpaired) electrons. The minimum absolute atomic E-state index is 0.112. The molecule has 0 aliphatic heterocycles. The Labute approximate surface area is 168 Å². The molecule has 2 rings (SSSR count). The van der Waals surface area contributed by atoms with E-state index in [-0.39, 0.29) is 37.5 Å². The molecule has 1 heterocycles. The first-order valence-electron chi connectivity index (χ1n) is 9.12. The van der Waals surface area contributed by atoms with Gasteiger partial charge in [0.05, 0.1) is 19.7 Å². The molecule has 0 spiro atoms. The summed E-state index contributed by atoms with van der Waals surface area (Å²) in [6.07, 6.45) is 0. The predicted octanol–water partition coefficient (Wildman–Crippen LogP) is 1.58. The van der Waals surface area contributed by atoms with Crippen LogP contribution in [0, 0.1) is 0 Å². The van der Waals surface area contributed by atoms with Gasteiger partial charge in [0.25, 0.3) is 0 Å². The topological polar surface area (TPSA) is 124 Å². The van der Waals surface area contributed by atoms with Gasteiger partial charge in [-0.15, -0.1) is 5.10 Å². The minimum Gasteiger partial charge on any atom is -0.464 e. The van der Waals surface area contributed by atoms with Crippen LogP contribution in [0.15, 0.2) is 24.3 Å². The van der Waals surface area contributed by atoms with Crippen LogP contribution in [0.5, 0.6) is 0 Å². The minimum atomic E-state index is -0.551. The second-order valence-electron chi connectivity index (χ2n) is 5.96. The number of carbonyl (C=O) groups is 3. The highest BCUT2D eigenvalue weighted by Crippen LogP contribution is 2.24. The summed E-state index contributed by atoms with van der Waals surface area (Å²) in [4.78, 5) is 35.9. The second-order valence-corrected chi connectivity index (χ2v) is 5.96. The van der Waals surface area contributed by atoms with Gasteiger partial charge in [-0.1, -0.05) is 12.1 Å². The summed E-state index contributed by atoms with van der Waals surface area (Å²) in [6.45, 7) is 5.90. The van der Waals surface area contributed by atoms with Gasteiger partial charge in [0.1, 0.15) is 18.9 Å². The molecule has 156 valence electrons. The molecule has 0 atom stereocenters. The number of hydrogen-bond acceptors (Lipinski definition) is 9. The van der Waals surface area contributed by atoms with E-state index in [1.165, 1.54) is 13.8 Å². The molecule has 0 bridgehead atoms.